The lowest BCUT2D eigenvalue weighted by Crippen LogP contribution is -2.49. The van der Waals surface area contributed by atoms with Crippen LogP contribution in [0, 0.1) is 0 Å². The van der Waals surface area contributed by atoms with Crippen LogP contribution in [0.25, 0.3) is 0 Å². The first kappa shape index (κ1) is 42.7. The molecule has 0 saturated carbocycles. The Hall–Kier alpha value is -6.45. The molecule has 2 heterocycles. The second kappa shape index (κ2) is 20.1. The number of alkyl halides is 3. The Morgan fingerprint density at radius 2 is 1.05 bits per heavy atom. The number of piperazine rings is 2. The van der Waals surface area contributed by atoms with E-state index in [-0.39, 0.29) is 30.2 Å². The molecule has 0 spiro atoms. The van der Waals surface area contributed by atoms with Crippen LogP contribution >= 0.6 is 0 Å². The maximum absolute atomic E-state index is 13.0. The lowest BCUT2D eigenvalue weighted by atomic mass is 10.0. The number of para-hydroxylation sites is 3. The highest BCUT2D eigenvalue weighted by Gasteiger charge is 2.33. The van der Waals surface area contributed by atoms with Gasteiger partial charge in [-0.2, -0.15) is 13.2 Å². The van der Waals surface area contributed by atoms with E-state index in [0.717, 1.165) is 36.6 Å². The van der Waals surface area contributed by atoms with Gasteiger partial charge in [-0.25, -0.2) is 9.59 Å². The molecule has 0 bridgehead atoms. The summed E-state index contributed by atoms with van der Waals surface area (Å²) in [5.74, 6) is 0.159. The van der Waals surface area contributed by atoms with Crippen LogP contribution in [0.2, 0.25) is 0 Å². The number of nitrogens with zero attached hydrogens (tertiary/aromatic N) is 4. The molecule has 13 nitrogen and oxygen atoms in total. The van der Waals surface area contributed by atoms with Crippen molar-refractivity contribution in [2.45, 2.75) is 31.2 Å². The molecule has 16 heteroatoms. The van der Waals surface area contributed by atoms with Crippen LogP contribution in [0.4, 0.5) is 34.1 Å². The van der Waals surface area contributed by atoms with Crippen LogP contribution in [-0.4, -0.2) is 93.3 Å². The molecule has 6 rings (SSSR count). The topological polar surface area (TPSA) is 161 Å². The Morgan fingerprint density at radius 3 is 1.52 bits per heavy atom. The molecule has 2 unspecified atom stereocenters. The molecule has 4 amide bonds. The van der Waals surface area contributed by atoms with Gasteiger partial charge in [-0.3, -0.25) is 9.59 Å². The summed E-state index contributed by atoms with van der Waals surface area (Å²) < 4.78 is 54.6. The standard InChI is InChI=1S/C21H22F3N3O3.C21H25N3O4/c22-21(23,24)16-6-4-5-15(13-16)18(30-20(25)29)14-19(28)27-11-9-26(10-12-27)17-7-2-1-3-8-17;1-27-18-10-6-5-9-17(18)19(28-21(22)26)15-20(25)24-13-11-23(12-14-24)16-7-3-2-4-8-16/h1-8,13,18H,9-12,14H2,(H2,25,29);2-10,19H,11-15H2,1H3,(H2,22,26). The van der Waals surface area contributed by atoms with Crippen molar-refractivity contribution in [2.24, 2.45) is 11.5 Å². The van der Waals surface area contributed by atoms with E-state index >= 15 is 0 Å². The molecule has 4 aromatic carbocycles. The molecule has 0 aliphatic carbocycles. The number of rotatable bonds is 11. The van der Waals surface area contributed by atoms with Crippen LogP contribution in [-0.2, 0) is 25.2 Å². The summed E-state index contributed by atoms with van der Waals surface area (Å²) in [6.45, 7) is 4.91. The molecule has 2 fully saturated rings. The minimum Gasteiger partial charge on any atom is -0.496 e. The second-order valence-corrected chi connectivity index (χ2v) is 13.5. The van der Waals surface area contributed by atoms with Gasteiger partial charge in [0.25, 0.3) is 0 Å². The van der Waals surface area contributed by atoms with Crippen molar-refractivity contribution < 1.29 is 46.6 Å². The number of hydrogen-bond acceptors (Lipinski definition) is 9. The normalized spacial score (nSPS) is 15.3. The largest absolute Gasteiger partial charge is 0.496 e. The predicted octanol–water partition coefficient (Wildman–Crippen LogP) is 6.15. The minimum absolute atomic E-state index is 0.0225. The Balaban J connectivity index is 0.000000221. The smallest absolute Gasteiger partial charge is 0.416 e. The number of halogens is 3. The van der Waals surface area contributed by atoms with E-state index < -0.39 is 36.1 Å². The fourth-order valence-corrected chi connectivity index (χ4v) is 6.85. The predicted molar refractivity (Wildman–Crippen MR) is 211 cm³/mol. The van der Waals surface area contributed by atoms with Gasteiger partial charge in [0.05, 0.1) is 25.5 Å². The molecule has 0 radical (unpaired) electrons. The summed E-state index contributed by atoms with van der Waals surface area (Å²) in [4.78, 5) is 56.0. The molecule has 0 aromatic heterocycles. The van der Waals surface area contributed by atoms with Gasteiger partial charge in [0.1, 0.15) is 18.0 Å². The molecule has 308 valence electrons. The second-order valence-electron chi connectivity index (χ2n) is 13.5. The Bertz CT molecular complexity index is 1970. The highest BCUT2D eigenvalue weighted by molar-refractivity contribution is 5.79. The van der Waals surface area contributed by atoms with E-state index in [9.17, 15) is 32.3 Å². The molecule has 2 atom stereocenters. The fraction of sp³-hybridized carbons (Fsp3) is 0.333. The summed E-state index contributed by atoms with van der Waals surface area (Å²) >= 11 is 0. The molecule has 4 N–H and O–H groups in total. The van der Waals surface area contributed by atoms with Crippen LogP contribution in [0.15, 0.2) is 109 Å². The summed E-state index contributed by atoms with van der Waals surface area (Å²) in [7, 11) is 1.53. The Kier molecular flexibility index (Phi) is 14.8. The average Bonchev–Trinajstić information content (AvgIpc) is 3.23. The number of primary amides is 2. The van der Waals surface area contributed by atoms with E-state index in [1.807, 2.05) is 54.6 Å². The van der Waals surface area contributed by atoms with E-state index in [4.69, 9.17) is 25.7 Å². The van der Waals surface area contributed by atoms with Crippen molar-refractivity contribution in [1.29, 1.82) is 0 Å². The van der Waals surface area contributed by atoms with E-state index in [0.29, 0.717) is 50.6 Å². The van der Waals surface area contributed by atoms with Crippen molar-refractivity contribution in [2.75, 3.05) is 69.3 Å². The van der Waals surface area contributed by atoms with Crippen molar-refractivity contribution >= 4 is 35.4 Å². The van der Waals surface area contributed by atoms with Crippen LogP contribution < -0.4 is 26.0 Å². The number of benzene rings is 4. The van der Waals surface area contributed by atoms with Crippen molar-refractivity contribution in [3.8, 4) is 5.75 Å². The highest BCUT2D eigenvalue weighted by atomic mass is 19.4. The van der Waals surface area contributed by atoms with E-state index in [1.165, 1.54) is 19.2 Å². The lowest BCUT2D eigenvalue weighted by Gasteiger charge is -2.36. The average molecular weight is 805 g/mol. The maximum atomic E-state index is 13.0. The number of carbonyl (C=O) groups excluding carboxylic acids is 4. The van der Waals surface area contributed by atoms with Gasteiger partial charge in [0.2, 0.25) is 11.8 Å². The number of anilines is 2. The van der Waals surface area contributed by atoms with Gasteiger partial charge in [0, 0.05) is 69.3 Å². The Labute approximate surface area is 334 Å². The fourth-order valence-electron chi connectivity index (χ4n) is 6.85. The monoisotopic (exact) mass is 804 g/mol. The molecular weight excluding hydrogens is 757 g/mol. The maximum Gasteiger partial charge on any atom is 0.416 e. The van der Waals surface area contributed by atoms with Crippen molar-refractivity contribution in [3.63, 3.8) is 0 Å². The molecule has 2 aliphatic heterocycles. The summed E-state index contributed by atoms with van der Waals surface area (Å²) in [6.07, 6.45) is -8.86. The number of hydrogen-bond donors (Lipinski definition) is 2. The van der Waals surface area contributed by atoms with Gasteiger partial charge >= 0.3 is 18.4 Å². The first-order valence-electron chi connectivity index (χ1n) is 18.7. The molecule has 2 aliphatic rings. The van der Waals surface area contributed by atoms with Gasteiger partial charge in [-0.1, -0.05) is 66.7 Å². The van der Waals surface area contributed by atoms with Crippen molar-refractivity contribution in [1.82, 2.24) is 9.80 Å². The zero-order valence-corrected chi connectivity index (χ0v) is 32.1. The SMILES string of the molecule is COc1ccccc1C(CC(=O)N1CCN(c2ccccc2)CC1)OC(N)=O.NC(=O)OC(CC(=O)N1CCN(c2ccccc2)CC1)c1cccc(C(F)(F)F)c1. The number of amides is 4. The highest BCUT2D eigenvalue weighted by Crippen LogP contribution is 2.33. The zero-order valence-electron chi connectivity index (χ0n) is 32.1. The minimum atomic E-state index is -4.55. The first-order chi connectivity index (χ1) is 27.8. The molecule has 58 heavy (non-hydrogen) atoms. The summed E-state index contributed by atoms with van der Waals surface area (Å²) in [5.41, 5.74) is 12.3. The number of methoxy groups -OCH3 is 1. The van der Waals surface area contributed by atoms with Crippen LogP contribution in [0.1, 0.15) is 41.7 Å². The van der Waals surface area contributed by atoms with Gasteiger partial charge in [-0.05, 0) is 48.0 Å². The molecule has 4 aromatic rings. The van der Waals surface area contributed by atoms with Gasteiger partial charge in [-0.15, -0.1) is 0 Å². The zero-order chi connectivity index (χ0) is 41.7. The number of ether oxygens (including phenoxy) is 3. The lowest BCUT2D eigenvalue weighted by molar-refractivity contribution is -0.137. The molecular formula is C42H47F3N6O7. The third-order valence-corrected chi connectivity index (χ3v) is 9.82. The number of nitrogens with two attached hydrogens (primary N) is 2. The van der Waals surface area contributed by atoms with Crippen LogP contribution in [0.5, 0.6) is 5.75 Å². The van der Waals surface area contributed by atoms with E-state index in [2.05, 4.69) is 21.9 Å². The van der Waals surface area contributed by atoms with E-state index in [1.54, 1.807) is 28.0 Å². The third kappa shape index (κ3) is 12.0. The summed E-state index contributed by atoms with van der Waals surface area (Å²) in [5, 5.41) is 0. The van der Waals surface area contributed by atoms with Gasteiger partial charge in [0.15, 0.2) is 0 Å². The molecule has 2 saturated heterocycles. The number of carbonyl (C=O) groups is 4. The third-order valence-electron chi connectivity index (χ3n) is 9.82. The van der Waals surface area contributed by atoms with Gasteiger partial charge < -0.3 is 45.3 Å². The Morgan fingerprint density at radius 1 is 0.603 bits per heavy atom. The first-order valence-corrected chi connectivity index (χ1v) is 18.7. The van der Waals surface area contributed by atoms with Crippen LogP contribution in [0.3, 0.4) is 0 Å². The van der Waals surface area contributed by atoms with Crippen molar-refractivity contribution in [3.05, 3.63) is 126 Å². The quantitative estimate of drug-likeness (QED) is 0.181. The summed E-state index contributed by atoms with van der Waals surface area (Å²) in [6, 6.07) is 31.4.